The fourth-order valence-electron chi connectivity index (χ4n) is 12.9. The molecular weight excluding hydrogens is 1370 g/mol. The number of aliphatic hydroxyl groups excluding tert-OH is 2. The standard InChI is InChI=1S/C32H45N11O5S2Si.C23H27N13O6S2.Na.H2O/c1-14-20-17(46-29(14)42-12-34-22-25(42)36-15(2)38-27(22)44)9-10-19(49)40-21-18(11-33-31(50)41-20)47-30(24(21)48-51(7,8)32(4,5)6)43-13-35-23-26(43)37-16(3)39-28(23)45;24-21-31-15-11(17(39)33-21)27-4-35(15)19-13(37)9-6(41-19)1-2-8(43)29-10-7(3-26-23(44)30-9)42-20(14(10)38)36-5-28-12-16(36)32-22(25)34-18(12)40;;/h12-14,17-18,20-21,24,29-30H,9-11H2,1-8H3,(H,40,49)(H2,33,41,50)(H,36,38,44)(H,37,39,45);4-7,9-10,13-14,19-20,37-38H,1-3H2,(H,29,43)(H2,26,30,44)(H3,24,31,33,39)(H3,25,32,34,40);;1H2/q;;+1;/p-1/t14?,17-,18-,20-,21?,24+,29-,30-;6-,7-,9+,10?,13?,14+,19-,20-;;/m11../s1. The van der Waals surface area contributed by atoms with Crippen LogP contribution in [-0.4, -0.2) is 202 Å². The third kappa shape index (κ3) is 13.6. The number of thiocarbonyl (C=S) groups is 4. The van der Waals surface area contributed by atoms with Crippen LogP contribution in [0.25, 0.3) is 44.7 Å². The average Bonchev–Trinajstić information content (AvgIpc) is 1.64. The van der Waals surface area contributed by atoms with E-state index in [1.165, 1.54) is 21.8 Å². The van der Waals surface area contributed by atoms with Gasteiger partial charge in [-0.15, -0.1) is 0 Å². The van der Waals surface area contributed by atoms with Crippen molar-refractivity contribution in [3.05, 3.63) is 78.4 Å². The van der Waals surface area contributed by atoms with Crippen LogP contribution in [0.2, 0.25) is 18.1 Å². The normalized spacial score (nSPS) is 29.4. The molecule has 6 aliphatic rings. The van der Waals surface area contributed by atoms with Gasteiger partial charge in [0.25, 0.3) is 22.2 Å². The molecule has 8 aromatic rings. The van der Waals surface area contributed by atoms with Crippen molar-refractivity contribution in [1.29, 1.82) is 0 Å². The predicted molar refractivity (Wildman–Crippen MR) is 364 cm³/mol. The van der Waals surface area contributed by atoms with Crippen molar-refractivity contribution in [1.82, 2.24) is 110 Å². The average molecular weight is 1440 g/mol. The number of imidazole rings is 4. The van der Waals surface area contributed by atoms with Crippen molar-refractivity contribution in [3.8, 4) is 0 Å². The van der Waals surface area contributed by atoms with Crippen LogP contribution in [0.15, 0.2) is 44.5 Å². The Kier molecular flexibility index (Phi) is 20.3. The largest absolute Gasteiger partial charge is 1.00 e. The fourth-order valence-corrected chi connectivity index (χ4v) is 15.2. The van der Waals surface area contributed by atoms with E-state index in [0.717, 1.165) is 0 Å². The van der Waals surface area contributed by atoms with E-state index in [9.17, 15) is 29.4 Å². The minimum atomic E-state index is -2.38. The van der Waals surface area contributed by atoms with Crippen LogP contribution in [0, 0.1) is 19.8 Å². The van der Waals surface area contributed by atoms with E-state index < -0.39 is 93.1 Å². The Balaban J connectivity index is 0.000000195. The molecule has 17 N–H and O–H groups in total. The second kappa shape index (κ2) is 27.6. The second-order valence-electron chi connectivity index (χ2n) is 26.0. The summed E-state index contributed by atoms with van der Waals surface area (Å²) in [7, 11) is -2.38. The second-order valence-corrected chi connectivity index (χ2v) is 32.5. The Morgan fingerprint density at radius 1 is 0.546 bits per heavy atom. The molecule has 6 saturated heterocycles. The van der Waals surface area contributed by atoms with Crippen LogP contribution < -0.4 is 95.2 Å². The Morgan fingerprint density at radius 2 is 0.907 bits per heavy atom. The maximum absolute atomic E-state index is 12.8. The number of hydrogen-bond acceptors (Lipinski definition) is 26. The topological polar surface area (TPSA) is 495 Å². The minimum Gasteiger partial charge on any atom is -0.870 e. The van der Waals surface area contributed by atoms with E-state index in [0.29, 0.717) is 70.3 Å². The summed E-state index contributed by atoms with van der Waals surface area (Å²) in [5.41, 5.74) is 11.6. The van der Waals surface area contributed by atoms with Crippen molar-refractivity contribution in [3.63, 3.8) is 0 Å². The molecule has 0 amide bonds. The SMILES string of the molecule is Cc1nc2c(ncn2[C@@H]2O[C@@H]3CCC(=S)NC4[C@@H](CNC(=S)N[C@@H]3C2C)O[C@@H](n2cnc3c(=O)[nH]c(C)nc32)[C@H]4O[Si](C)(C)C(C)(C)C)c(=O)[nH]1.Nc1nc2c(ncn2[C@@H]2O[C@@H]3CCC(=S)NC4[C@@H](CNC(=S)N[C@@H]3C2O)O[C@@H](n2cnc3c(=O)[nH]c(N)nc32)[C@H]4O)c(=O)[nH]1.[Na+].[OH-]. The molecule has 8 aromatic heterocycles. The van der Waals surface area contributed by atoms with E-state index in [-0.39, 0.29) is 132 Å². The molecule has 0 bridgehead atoms. The number of rotatable bonds is 6. The summed E-state index contributed by atoms with van der Waals surface area (Å²) in [4.78, 5) is 95.7. The van der Waals surface area contributed by atoms with Gasteiger partial charge >= 0.3 is 29.6 Å². The Bertz CT molecular complexity index is 4480. The first kappa shape index (κ1) is 71.3. The number of aryl methyl sites for hydroxylation is 2. The summed E-state index contributed by atoms with van der Waals surface area (Å²) in [5.74, 6) is 0.694. The monoisotopic (exact) mass is 1440 g/mol. The smallest absolute Gasteiger partial charge is 0.870 e. The first-order valence-corrected chi connectivity index (χ1v) is 35.3. The van der Waals surface area contributed by atoms with Gasteiger partial charge in [-0.3, -0.25) is 47.4 Å². The van der Waals surface area contributed by atoms with Gasteiger partial charge in [0.1, 0.15) is 48.4 Å². The zero-order chi connectivity index (χ0) is 67.4. The molecule has 6 fully saturated rings. The zero-order valence-corrected chi connectivity index (χ0v) is 60.2. The van der Waals surface area contributed by atoms with Crippen molar-refractivity contribution >= 4 is 134 Å². The van der Waals surface area contributed by atoms with E-state index in [1.807, 2.05) is 4.57 Å². The zero-order valence-electron chi connectivity index (χ0n) is 54.0. The summed E-state index contributed by atoms with van der Waals surface area (Å²) in [6.07, 6.45) is -0.0158. The third-order valence-corrected chi connectivity index (χ3v) is 24.3. The van der Waals surface area contributed by atoms with Gasteiger partial charge in [0.15, 0.2) is 81.9 Å². The predicted octanol–water partition coefficient (Wildman–Crippen LogP) is -3.72. The minimum absolute atomic E-state index is 0. The number of aromatic amines is 4. The van der Waals surface area contributed by atoms with Crippen molar-refractivity contribution in [2.75, 3.05) is 24.6 Å². The van der Waals surface area contributed by atoms with Crippen LogP contribution >= 0.6 is 48.9 Å². The number of hydrogen-bond donors (Lipinski definition) is 14. The number of nitrogen functional groups attached to an aromatic ring is 2. The van der Waals surface area contributed by atoms with Gasteiger partial charge in [-0.25, -0.2) is 29.9 Å². The van der Waals surface area contributed by atoms with E-state index in [4.69, 9.17) is 83.7 Å². The van der Waals surface area contributed by atoms with Crippen LogP contribution in [-0.2, 0) is 23.4 Å². The van der Waals surface area contributed by atoms with Gasteiger partial charge in [0, 0.05) is 31.8 Å². The Morgan fingerprint density at radius 3 is 1.38 bits per heavy atom. The maximum Gasteiger partial charge on any atom is 1.00 e. The van der Waals surface area contributed by atoms with Crippen LogP contribution in [0.3, 0.4) is 0 Å². The molecule has 514 valence electrons. The third-order valence-electron chi connectivity index (χ3n) is 18.7. The van der Waals surface area contributed by atoms with E-state index >= 15 is 0 Å². The Hall–Kier alpha value is -6.94. The maximum atomic E-state index is 12.8. The summed E-state index contributed by atoms with van der Waals surface area (Å²) in [6, 6.07) is -1.90. The number of aromatic nitrogens is 16. The quantitative estimate of drug-likeness (QED) is 0.0562. The first-order chi connectivity index (χ1) is 45.1. The van der Waals surface area contributed by atoms with Crippen LogP contribution in [0.5, 0.6) is 0 Å². The molecule has 97 heavy (non-hydrogen) atoms. The summed E-state index contributed by atoms with van der Waals surface area (Å²) in [5, 5.41) is 43.2. The number of aliphatic hydroxyl groups is 2. The number of nitrogens with two attached hydrogens (primary N) is 2. The van der Waals surface area contributed by atoms with Crippen molar-refractivity contribution < 1.29 is 68.6 Å². The van der Waals surface area contributed by atoms with Crippen molar-refractivity contribution in [2.24, 2.45) is 5.92 Å². The first-order valence-electron chi connectivity index (χ1n) is 30.8. The van der Waals surface area contributed by atoms with Crippen LogP contribution in [0.4, 0.5) is 11.9 Å². The number of fused-ring (bicyclic) bond motifs is 8. The van der Waals surface area contributed by atoms with Gasteiger partial charge in [-0.1, -0.05) is 52.1 Å². The number of anilines is 2. The molecule has 0 radical (unpaired) electrons. The van der Waals surface area contributed by atoms with Gasteiger partial charge < -0.3 is 92.4 Å². The van der Waals surface area contributed by atoms with E-state index in [1.54, 1.807) is 31.1 Å². The summed E-state index contributed by atoms with van der Waals surface area (Å²) >= 11 is 23.1. The molecule has 0 aromatic carbocycles. The molecule has 0 spiro atoms. The van der Waals surface area contributed by atoms with Crippen molar-refractivity contribution in [2.45, 2.75) is 177 Å². The Labute approximate surface area is 594 Å². The van der Waals surface area contributed by atoms with Gasteiger partial charge in [-0.05, 0) is 69.3 Å². The summed E-state index contributed by atoms with van der Waals surface area (Å²) < 4.78 is 39.7. The summed E-state index contributed by atoms with van der Waals surface area (Å²) in [6.45, 7) is 17.0. The molecule has 42 heteroatoms. The number of H-pyrrole nitrogens is 4. The van der Waals surface area contributed by atoms with E-state index in [2.05, 4.69) is 132 Å². The number of nitrogens with zero attached hydrogens (tertiary/aromatic N) is 12. The molecule has 14 heterocycles. The number of ether oxygens (including phenoxy) is 4. The molecule has 6 aliphatic heterocycles. The molecule has 4 unspecified atom stereocenters. The van der Waals surface area contributed by atoms with Gasteiger partial charge in [-0.2, -0.15) is 9.97 Å². The van der Waals surface area contributed by atoms with Gasteiger partial charge in [0.05, 0.1) is 71.7 Å². The molecule has 36 nitrogen and oxygen atoms in total. The molecular formula is C55H73N24NaO12S4Si. The number of nitrogens with one attached hydrogen (secondary N) is 10. The molecule has 16 atom stereocenters. The molecule has 14 rings (SSSR count). The van der Waals surface area contributed by atoms with Gasteiger partial charge in [0.2, 0.25) is 11.9 Å². The molecule has 0 saturated carbocycles. The molecule has 0 aliphatic carbocycles. The van der Waals surface area contributed by atoms with Crippen LogP contribution in [0.1, 0.15) is 89.9 Å². The fraction of sp³-hybridized carbons (Fsp3) is 0.564.